The first-order valence-corrected chi connectivity index (χ1v) is 1.03. The molecule has 0 aromatic carbocycles. The van der Waals surface area contributed by atoms with E-state index in [1.165, 1.54) is 0 Å². The molecule has 0 fully saturated rings. The van der Waals surface area contributed by atoms with Gasteiger partial charge in [-0.1, -0.05) is 0 Å². The minimum atomic E-state index is -1.81. The Morgan fingerprint density at radius 1 is 1.29 bits per heavy atom. The van der Waals surface area contributed by atoms with Gasteiger partial charge in [0.25, 0.3) is 0 Å². The number of hydrogen-bond donors (Lipinski definition) is 2. The Balaban J connectivity index is -0.0000000800. The van der Waals surface area contributed by atoms with Crippen molar-refractivity contribution in [3.8, 4) is 5.97 Å². The summed E-state index contributed by atoms with van der Waals surface area (Å²) in [6.07, 6.45) is 0. The fourth-order valence-electron chi connectivity index (χ4n) is 0. The van der Waals surface area contributed by atoms with Crippen molar-refractivity contribution in [1.29, 1.82) is 5.26 Å². The predicted molar refractivity (Wildman–Crippen MR) is 30.1 cm³/mol. The van der Waals surface area contributed by atoms with Crippen LogP contribution in [0.5, 0.6) is 0 Å². The van der Waals surface area contributed by atoms with Gasteiger partial charge in [0.1, 0.15) is 0 Å². The summed E-state index contributed by atoms with van der Waals surface area (Å²) in [6, 6.07) is 0. The second-order valence-electron chi connectivity index (χ2n) is 0.503. The zero-order chi connectivity index (χ0) is 4.28. The molecule has 0 saturated carbocycles. The molecule has 0 aromatic rings. The van der Waals surface area contributed by atoms with Crippen LogP contribution in [0.4, 0.5) is 0 Å². The first-order valence-electron chi connectivity index (χ1n) is 1.03. The first-order chi connectivity index (χ1) is 2.27. The van der Waals surface area contributed by atoms with Crippen molar-refractivity contribution in [2.45, 2.75) is 0 Å². The summed E-state index contributed by atoms with van der Waals surface area (Å²) in [4.78, 5) is 0. The molecule has 0 bridgehead atoms. The average Bonchev–Trinajstić information content (AvgIpc) is 1.38. The van der Waals surface area contributed by atoms with Crippen LogP contribution in [0.15, 0.2) is 0 Å². The summed E-state index contributed by atoms with van der Waals surface area (Å²) in [5.74, 6) is 1.14. The van der Waals surface area contributed by atoms with Crippen molar-refractivity contribution in [3.63, 3.8) is 0 Å². The fourth-order valence-corrected chi connectivity index (χ4v) is 0. The molecule has 0 saturated heterocycles. The molecule has 0 atom stereocenters. The predicted octanol–water partition coefficient (Wildman–Crippen LogP) is -2.78. The molecule has 0 unspecified atom stereocenters. The summed E-state index contributed by atoms with van der Waals surface area (Å²) >= 11 is 0. The van der Waals surface area contributed by atoms with E-state index < -0.39 is 7.12 Å². The molecule has 0 aliphatic rings. The summed E-state index contributed by atoms with van der Waals surface area (Å²) in [6.45, 7) is 0. The maximum absolute atomic E-state index is 7.56. The Morgan fingerprint density at radius 3 is 1.43 bits per heavy atom. The van der Waals surface area contributed by atoms with Crippen LogP contribution < -0.4 is 0 Å². The number of hydrogen-bond acceptors (Lipinski definition) is 3. The Kier molecular flexibility index (Phi) is 23.6. The minimum absolute atomic E-state index is 0. The van der Waals surface area contributed by atoms with Crippen LogP contribution in [-0.4, -0.2) is 76.3 Å². The molecule has 7 heavy (non-hydrogen) atoms. The summed E-state index contributed by atoms with van der Waals surface area (Å²) < 4.78 is 0. The van der Waals surface area contributed by atoms with Crippen LogP contribution >= 0.6 is 0 Å². The van der Waals surface area contributed by atoms with Gasteiger partial charge in [0.2, 0.25) is 0 Å². The van der Waals surface area contributed by atoms with Gasteiger partial charge in [0.15, 0.2) is 0 Å². The summed E-state index contributed by atoms with van der Waals surface area (Å²) in [7, 11) is -1.81. The van der Waals surface area contributed by atoms with Crippen LogP contribution in [0.3, 0.4) is 0 Å². The van der Waals surface area contributed by atoms with Gasteiger partial charge < -0.3 is 10.0 Å². The Labute approximate surface area is 86.4 Å². The number of nitriles is 1. The van der Waals surface area contributed by atoms with Gasteiger partial charge in [-0.15, -0.1) is 0 Å². The Hall–Kier alpha value is 1.47. The molecule has 0 heterocycles. The molecule has 6 heteroatoms. The van der Waals surface area contributed by atoms with Gasteiger partial charge in [-0.05, 0) is 0 Å². The van der Waals surface area contributed by atoms with E-state index in [4.69, 9.17) is 15.3 Å². The molecular weight excluding hydrogens is 115 g/mol. The van der Waals surface area contributed by atoms with E-state index in [1.54, 1.807) is 0 Å². The van der Waals surface area contributed by atoms with Gasteiger partial charge in [0.05, 0.1) is 5.97 Å². The third-order valence-corrected chi connectivity index (χ3v) is 0.115. The van der Waals surface area contributed by atoms with E-state index in [1.807, 2.05) is 0 Å². The maximum atomic E-state index is 7.56. The quantitative estimate of drug-likeness (QED) is 0.339. The molecule has 0 aliphatic heterocycles. The molecule has 30 valence electrons. The van der Waals surface area contributed by atoms with Crippen LogP contribution in [0, 0.1) is 11.2 Å². The normalized spacial score (nSPS) is 4.14. The number of rotatable bonds is 0. The third kappa shape index (κ3) is 18.6. The third-order valence-electron chi connectivity index (χ3n) is 0.115. The standard InChI is InChI=1S/CH2BNO2.2Na.2H/c3-1-2(4)5;;;;/h4-5H;;;;. The van der Waals surface area contributed by atoms with Gasteiger partial charge in [0, 0.05) is 0 Å². The fraction of sp³-hybridized carbons (Fsp3) is 0. The van der Waals surface area contributed by atoms with E-state index >= 15 is 0 Å². The zero-order valence-corrected chi connectivity index (χ0v) is 2.42. The van der Waals surface area contributed by atoms with Crippen molar-refractivity contribution in [2.75, 3.05) is 0 Å². The second kappa shape index (κ2) is 10.5. The zero-order valence-electron chi connectivity index (χ0n) is 2.42. The first kappa shape index (κ1) is 15.8. The van der Waals surface area contributed by atoms with Crippen LogP contribution in [0.2, 0.25) is 0 Å². The summed E-state index contributed by atoms with van der Waals surface area (Å²) in [5.41, 5.74) is 0. The van der Waals surface area contributed by atoms with Gasteiger partial charge in [-0.3, -0.25) is 0 Å². The molecular formula is CH4BNNa2O2. The molecule has 0 aliphatic carbocycles. The van der Waals surface area contributed by atoms with Gasteiger partial charge in [-0.2, -0.15) is 0 Å². The van der Waals surface area contributed by atoms with Crippen LogP contribution in [-0.2, 0) is 0 Å². The van der Waals surface area contributed by atoms with Crippen molar-refractivity contribution >= 4 is 66.2 Å². The van der Waals surface area contributed by atoms with E-state index in [0.29, 0.717) is 0 Å². The monoisotopic (exact) mass is 119 g/mol. The van der Waals surface area contributed by atoms with Crippen molar-refractivity contribution < 1.29 is 10.0 Å². The van der Waals surface area contributed by atoms with Gasteiger partial charge in [-0.25, -0.2) is 5.26 Å². The van der Waals surface area contributed by atoms with E-state index in [0.717, 1.165) is 5.97 Å². The van der Waals surface area contributed by atoms with Gasteiger partial charge >= 0.3 is 66.2 Å². The molecule has 3 nitrogen and oxygen atoms in total. The molecule has 0 radical (unpaired) electrons. The topological polar surface area (TPSA) is 64.2 Å². The van der Waals surface area contributed by atoms with E-state index in [2.05, 4.69) is 0 Å². The van der Waals surface area contributed by atoms with Crippen molar-refractivity contribution in [3.05, 3.63) is 0 Å². The van der Waals surface area contributed by atoms with E-state index in [-0.39, 0.29) is 59.1 Å². The van der Waals surface area contributed by atoms with Crippen LogP contribution in [0.25, 0.3) is 0 Å². The van der Waals surface area contributed by atoms with Crippen molar-refractivity contribution in [1.82, 2.24) is 0 Å². The SMILES string of the molecule is N#CB(O)O.[NaH].[NaH]. The average molecular weight is 119 g/mol. The Morgan fingerprint density at radius 2 is 1.43 bits per heavy atom. The summed E-state index contributed by atoms with van der Waals surface area (Å²) in [5, 5.41) is 22.5. The number of nitrogens with zero attached hydrogens (tertiary/aromatic N) is 1. The molecule has 2 N–H and O–H groups in total. The van der Waals surface area contributed by atoms with Crippen molar-refractivity contribution in [2.24, 2.45) is 0 Å². The van der Waals surface area contributed by atoms with E-state index in [9.17, 15) is 0 Å². The Bertz CT molecular complexity index is 61.2. The molecule has 0 amide bonds. The van der Waals surface area contributed by atoms with Crippen LogP contribution in [0.1, 0.15) is 0 Å². The molecule has 0 aromatic heterocycles. The second-order valence-corrected chi connectivity index (χ2v) is 0.503. The molecule has 0 spiro atoms. The molecule has 0 rings (SSSR count).